The fourth-order valence-corrected chi connectivity index (χ4v) is 2.48. The number of hydrogen-bond donors (Lipinski definition) is 0. The Balaban J connectivity index is 2.45. The molecule has 1 aromatic carbocycles. The molecule has 0 saturated carbocycles. The van der Waals surface area contributed by atoms with Crippen molar-refractivity contribution in [2.24, 2.45) is 0 Å². The maximum absolute atomic E-state index is 3.28. The molecule has 0 N–H and O–H groups in total. The zero-order valence-corrected chi connectivity index (χ0v) is 10.4. The molecule has 0 spiro atoms. The molecule has 0 aliphatic heterocycles. The molecule has 0 amide bonds. The number of benzene rings is 1. The molecule has 1 aliphatic rings. The fraction of sp³-hybridized carbons (Fsp3) is 0.467. The predicted octanol–water partition coefficient (Wildman–Crippen LogP) is 2.94. The molecule has 0 fully saturated rings. The summed E-state index contributed by atoms with van der Waals surface area (Å²) in [6.07, 6.45) is 3.09. The van der Waals surface area contributed by atoms with Gasteiger partial charge in [-0.25, -0.2) is 0 Å². The van der Waals surface area contributed by atoms with Crippen LogP contribution in [0, 0.1) is 18.8 Å². The Hall–Kier alpha value is -1.26. The highest BCUT2D eigenvalue weighted by Crippen LogP contribution is 2.36. The van der Waals surface area contributed by atoms with Crippen molar-refractivity contribution in [3.8, 4) is 11.8 Å². The minimum Gasteiger partial charge on any atom is -0.299 e. The van der Waals surface area contributed by atoms with Crippen LogP contribution in [0.25, 0.3) is 0 Å². The van der Waals surface area contributed by atoms with Gasteiger partial charge in [-0.3, -0.25) is 4.90 Å². The summed E-state index contributed by atoms with van der Waals surface area (Å²) in [6.45, 7) is 2.15. The van der Waals surface area contributed by atoms with Gasteiger partial charge in [-0.05, 0) is 33.0 Å². The van der Waals surface area contributed by atoms with Gasteiger partial charge in [-0.1, -0.05) is 29.8 Å². The first kappa shape index (κ1) is 11.2. The van der Waals surface area contributed by atoms with Gasteiger partial charge in [0, 0.05) is 12.8 Å². The molecule has 1 heteroatoms. The predicted molar refractivity (Wildman–Crippen MR) is 68.2 cm³/mol. The van der Waals surface area contributed by atoms with Crippen molar-refractivity contribution in [3.63, 3.8) is 0 Å². The SMILES string of the molecule is Cc1cccc(C2(N(C)C)CC#CCC2)c1. The van der Waals surface area contributed by atoms with Gasteiger partial charge in [-0.15, -0.1) is 11.8 Å². The van der Waals surface area contributed by atoms with Crippen LogP contribution < -0.4 is 0 Å². The molecular weight excluding hydrogens is 194 g/mol. The standard InChI is InChI=1S/C15H19N/c1-13-8-7-9-14(12-13)15(16(2)3)10-5-4-6-11-15/h7-9,12H,5,10-11H2,1-3H3. The van der Waals surface area contributed by atoms with Gasteiger partial charge in [-0.2, -0.15) is 0 Å². The van der Waals surface area contributed by atoms with Crippen LogP contribution in [0.1, 0.15) is 30.4 Å². The average molecular weight is 213 g/mol. The van der Waals surface area contributed by atoms with E-state index in [1.54, 1.807) is 0 Å². The van der Waals surface area contributed by atoms with Crippen LogP contribution in [-0.2, 0) is 5.54 Å². The van der Waals surface area contributed by atoms with E-state index in [2.05, 4.69) is 62.0 Å². The van der Waals surface area contributed by atoms with E-state index in [1.165, 1.54) is 11.1 Å². The zero-order valence-electron chi connectivity index (χ0n) is 10.4. The van der Waals surface area contributed by atoms with Crippen molar-refractivity contribution in [3.05, 3.63) is 35.4 Å². The molecule has 2 rings (SSSR count). The third-order valence-electron chi connectivity index (χ3n) is 3.58. The maximum Gasteiger partial charge on any atom is 0.0574 e. The molecule has 1 atom stereocenters. The van der Waals surface area contributed by atoms with Crippen molar-refractivity contribution < 1.29 is 0 Å². The third kappa shape index (κ3) is 1.86. The van der Waals surface area contributed by atoms with E-state index in [1.807, 2.05) is 0 Å². The lowest BCUT2D eigenvalue weighted by molar-refractivity contribution is 0.142. The van der Waals surface area contributed by atoms with Gasteiger partial charge in [0.1, 0.15) is 0 Å². The minimum absolute atomic E-state index is 0.122. The molecule has 1 unspecified atom stereocenters. The largest absolute Gasteiger partial charge is 0.299 e. The van der Waals surface area contributed by atoms with Crippen LogP contribution in [0.3, 0.4) is 0 Å². The highest BCUT2D eigenvalue weighted by atomic mass is 15.1. The van der Waals surface area contributed by atoms with Gasteiger partial charge < -0.3 is 0 Å². The number of aryl methyl sites for hydroxylation is 1. The van der Waals surface area contributed by atoms with Crippen LogP contribution in [0.5, 0.6) is 0 Å². The molecule has 0 aromatic heterocycles. The van der Waals surface area contributed by atoms with Gasteiger partial charge in [0.05, 0.1) is 5.54 Å². The minimum atomic E-state index is 0.122. The van der Waals surface area contributed by atoms with E-state index < -0.39 is 0 Å². The summed E-state index contributed by atoms with van der Waals surface area (Å²) in [7, 11) is 4.32. The first-order valence-corrected chi connectivity index (χ1v) is 5.85. The summed E-state index contributed by atoms with van der Waals surface area (Å²) in [5.74, 6) is 6.49. The van der Waals surface area contributed by atoms with Gasteiger partial charge in [0.2, 0.25) is 0 Å². The summed E-state index contributed by atoms with van der Waals surface area (Å²) in [6, 6.07) is 8.84. The molecule has 1 nitrogen and oxygen atoms in total. The second-order valence-corrected chi connectivity index (χ2v) is 4.83. The van der Waals surface area contributed by atoms with Gasteiger partial charge in [0.25, 0.3) is 0 Å². The lowest BCUT2D eigenvalue weighted by atomic mass is 9.79. The number of hydrogen-bond acceptors (Lipinski definition) is 1. The fourth-order valence-electron chi connectivity index (χ4n) is 2.48. The summed E-state index contributed by atoms with van der Waals surface area (Å²) in [4.78, 5) is 2.33. The molecule has 1 aliphatic carbocycles. The van der Waals surface area contributed by atoms with Crippen molar-refractivity contribution >= 4 is 0 Å². The molecular formula is C15H19N. The van der Waals surface area contributed by atoms with Crippen LogP contribution in [0.2, 0.25) is 0 Å². The summed E-state index contributed by atoms with van der Waals surface area (Å²) >= 11 is 0. The Morgan fingerprint density at radius 3 is 2.62 bits per heavy atom. The van der Waals surface area contributed by atoms with Crippen molar-refractivity contribution in [2.45, 2.75) is 31.7 Å². The van der Waals surface area contributed by atoms with Crippen molar-refractivity contribution in [1.29, 1.82) is 0 Å². The molecule has 16 heavy (non-hydrogen) atoms. The van der Waals surface area contributed by atoms with E-state index in [4.69, 9.17) is 0 Å². The number of rotatable bonds is 2. The Labute approximate surface area is 98.5 Å². The van der Waals surface area contributed by atoms with E-state index in [0.29, 0.717) is 0 Å². The van der Waals surface area contributed by atoms with Crippen LogP contribution in [-0.4, -0.2) is 19.0 Å². The van der Waals surface area contributed by atoms with E-state index in [9.17, 15) is 0 Å². The Morgan fingerprint density at radius 1 is 1.25 bits per heavy atom. The van der Waals surface area contributed by atoms with Crippen LogP contribution in [0.4, 0.5) is 0 Å². The van der Waals surface area contributed by atoms with Crippen LogP contribution in [0.15, 0.2) is 24.3 Å². The quantitative estimate of drug-likeness (QED) is 0.683. The zero-order chi connectivity index (χ0) is 11.6. The Morgan fingerprint density at radius 2 is 2.06 bits per heavy atom. The lowest BCUT2D eigenvalue weighted by Crippen LogP contribution is -2.42. The Kier molecular flexibility index (Phi) is 3.03. The summed E-state index contributed by atoms with van der Waals surface area (Å²) in [5.41, 5.74) is 2.86. The topological polar surface area (TPSA) is 3.24 Å². The van der Waals surface area contributed by atoms with E-state index in [0.717, 1.165) is 19.3 Å². The molecule has 0 radical (unpaired) electrons. The van der Waals surface area contributed by atoms with Crippen LogP contribution >= 0.6 is 0 Å². The average Bonchev–Trinajstić information content (AvgIpc) is 2.30. The number of nitrogens with zero attached hydrogens (tertiary/aromatic N) is 1. The second-order valence-electron chi connectivity index (χ2n) is 4.83. The highest BCUT2D eigenvalue weighted by molar-refractivity contribution is 5.32. The monoisotopic (exact) mass is 213 g/mol. The normalized spacial score (nSPS) is 24.0. The van der Waals surface area contributed by atoms with E-state index >= 15 is 0 Å². The summed E-state index contributed by atoms with van der Waals surface area (Å²) < 4.78 is 0. The second kappa shape index (κ2) is 4.31. The highest BCUT2D eigenvalue weighted by Gasteiger charge is 2.34. The molecule has 0 saturated heterocycles. The summed E-state index contributed by atoms with van der Waals surface area (Å²) in [5, 5.41) is 0. The first-order valence-electron chi connectivity index (χ1n) is 5.85. The smallest absolute Gasteiger partial charge is 0.0574 e. The van der Waals surface area contributed by atoms with Gasteiger partial charge in [0.15, 0.2) is 0 Å². The molecule has 0 heterocycles. The third-order valence-corrected chi connectivity index (χ3v) is 3.58. The van der Waals surface area contributed by atoms with Crippen molar-refractivity contribution in [2.75, 3.05) is 14.1 Å². The molecule has 84 valence electrons. The first-order chi connectivity index (χ1) is 7.65. The van der Waals surface area contributed by atoms with E-state index in [-0.39, 0.29) is 5.54 Å². The lowest BCUT2D eigenvalue weighted by Gasteiger charge is -2.40. The maximum atomic E-state index is 3.28. The van der Waals surface area contributed by atoms with Gasteiger partial charge >= 0.3 is 0 Å². The Bertz CT molecular complexity index is 436. The molecule has 0 bridgehead atoms. The molecule has 1 aromatic rings. The van der Waals surface area contributed by atoms with Crippen molar-refractivity contribution in [1.82, 2.24) is 4.90 Å².